The summed E-state index contributed by atoms with van der Waals surface area (Å²) in [4.78, 5) is 0. The molecule has 0 radical (unpaired) electrons. The second-order valence-corrected chi connectivity index (χ2v) is 13.0. The van der Waals surface area contributed by atoms with Crippen LogP contribution in [0.15, 0.2) is 110 Å². The zero-order valence-electron chi connectivity index (χ0n) is 28.3. The topological polar surface area (TPSA) is 58.9 Å². The fourth-order valence-corrected chi connectivity index (χ4v) is 6.53. The molecule has 10 heteroatoms. The summed E-state index contributed by atoms with van der Waals surface area (Å²) >= 11 is 0. The normalized spacial score (nSPS) is 14.7. The molecule has 7 aliphatic rings. The van der Waals surface area contributed by atoms with E-state index < -0.39 is 0 Å². The van der Waals surface area contributed by atoms with Gasteiger partial charge in [-0.3, -0.25) is 0 Å². The number of hydrogen-bond acceptors (Lipinski definition) is 2. The minimum Gasteiger partial charge on any atom is -0.205 e. The third-order valence-electron chi connectivity index (χ3n) is 9.53. The summed E-state index contributed by atoms with van der Waals surface area (Å²) in [5.41, 5.74) is 7.50. The van der Waals surface area contributed by atoms with E-state index in [-0.39, 0.29) is 0 Å². The Morgan fingerprint density at radius 1 is 0.417 bits per heavy atom. The average Bonchev–Trinajstić information content (AvgIpc) is 3.67. The first-order chi connectivity index (χ1) is 23.6. The van der Waals surface area contributed by atoms with Crippen LogP contribution in [0.4, 0.5) is 0 Å². The molecule has 0 atom stereocenters. The van der Waals surface area contributed by atoms with Crippen molar-refractivity contribution in [2.75, 3.05) is 0 Å². The van der Waals surface area contributed by atoms with E-state index in [4.69, 9.17) is 10.4 Å². The Balaban J connectivity index is 1.04. The molecular weight excluding hydrogens is 596 g/mol. The summed E-state index contributed by atoms with van der Waals surface area (Å²) in [6.07, 6.45) is 28.5. The van der Waals surface area contributed by atoms with E-state index in [9.17, 15) is 0 Å². The van der Waals surface area contributed by atoms with Crippen molar-refractivity contribution >= 4 is 0 Å². The second kappa shape index (κ2) is 14.8. The Morgan fingerprint density at radius 3 is 1.06 bits per heavy atom. The number of hydrogen-bond donors (Lipinski definition) is 0. The van der Waals surface area contributed by atoms with Crippen molar-refractivity contribution in [2.45, 2.75) is 77.8 Å². The first-order valence-corrected chi connectivity index (χ1v) is 17.4. The largest absolute Gasteiger partial charge is 0.205 e. The van der Waals surface area contributed by atoms with Crippen LogP contribution in [0, 0.1) is 0 Å². The van der Waals surface area contributed by atoms with Crippen LogP contribution in [0.5, 0.6) is 0 Å². The van der Waals surface area contributed by atoms with E-state index in [1.807, 2.05) is 9.36 Å². The summed E-state index contributed by atoms with van der Waals surface area (Å²) in [6, 6.07) is 17.7. The van der Waals surface area contributed by atoms with Gasteiger partial charge in [0.05, 0.1) is 10.4 Å². The average molecular weight is 645 g/mol. The van der Waals surface area contributed by atoms with E-state index in [0.717, 1.165) is 77.8 Å². The van der Waals surface area contributed by atoms with Crippen LogP contribution in [0.2, 0.25) is 0 Å². The van der Waals surface area contributed by atoms with Gasteiger partial charge < -0.3 is 0 Å². The molecule has 6 aromatic heterocycles. The summed E-state index contributed by atoms with van der Waals surface area (Å²) in [7, 11) is 4.11. The molecule has 0 aliphatic carbocycles. The molecule has 0 saturated carbocycles. The lowest BCUT2D eigenvalue weighted by molar-refractivity contribution is -0.809. The first-order valence-electron chi connectivity index (χ1n) is 17.4. The monoisotopic (exact) mass is 644 g/mol. The van der Waals surface area contributed by atoms with E-state index >= 15 is 0 Å². The van der Waals surface area contributed by atoms with Crippen molar-refractivity contribution in [3.63, 3.8) is 0 Å². The molecule has 0 unspecified atom stereocenters. The lowest BCUT2D eigenvalue weighted by atomic mass is 10.1. The van der Waals surface area contributed by atoms with Crippen molar-refractivity contribution in [1.82, 2.24) is 19.8 Å². The molecule has 7 aliphatic heterocycles. The Morgan fingerprint density at radius 2 is 0.729 bits per heavy atom. The summed E-state index contributed by atoms with van der Waals surface area (Å²) in [5, 5.41) is 9.47. The highest BCUT2D eigenvalue weighted by Crippen LogP contribution is 2.17. The summed E-state index contributed by atoms with van der Waals surface area (Å²) < 4.78 is 17.2. The number of aryl methyl sites for hydroxylation is 10. The lowest BCUT2D eigenvalue weighted by Crippen LogP contribution is -2.45. The Kier molecular flexibility index (Phi) is 9.67. The van der Waals surface area contributed by atoms with Crippen LogP contribution in [-0.2, 0) is 66.2 Å². The SMILES string of the molecule is Cn1n[n+]2cc1CCCC[n+]1ccc(cc1)-c1cc[n+](cc1)CCCCc1c[n+](nn1C)CC[n+]1ccc(cc1)-c1cc[n+](cc1)CC2. The van der Waals surface area contributed by atoms with Gasteiger partial charge in [-0.05, 0) is 35.1 Å². The highest BCUT2D eigenvalue weighted by molar-refractivity contribution is 5.61. The molecule has 244 valence electrons. The van der Waals surface area contributed by atoms with Crippen LogP contribution in [-0.4, -0.2) is 19.8 Å². The van der Waals surface area contributed by atoms with E-state index in [1.54, 1.807) is 0 Å². The summed E-state index contributed by atoms with van der Waals surface area (Å²) in [6.45, 7) is 5.45. The molecule has 6 aromatic rings. The van der Waals surface area contributed by atoms with E-state index in [1.165, 1.54) is 33.6 Å². The number of aromatic nitrogens is 10. The van der Waals surface area contributed by atoms with E-state index in [2.05, 4.69) is 152 Å². The van der Waals surface area contributed by atoms with Gasteiger partial charge in [0.1, 0.15) is 27.2 Å². The van der Waals surface area contributed by atoms with Crippen LogP contribution >= 0.6 is 0 Å². The zero-order chi connectivity index (χ0) is 32.7. The first kappa shape index (κ1) is 31.5. The predicted octanol–water partition coefficient (Wildman–Crippen LogP) is 1.97. The van der Waals surface area contributed by atoms with Crippen LogP contribution < -0.4 is 27.6 Å². The van der Waals surface area contributed by atoms with Crippen molar-refractivity contribution in [2.24, 2.45) is 14.1 Å². The molecule has 0 spiro atoms. The molecule has 13 rings (SSSR count). The molecule has 13 heterocycles. The van der Waals surface area contributed by atoms with Crippen LogP contribution in [0.1, 0.15) is 37.1 Å². The Labute approximate surface area is 283 Å². The maximum Gasteiger partial charge on any atom is 0.187 e. The zero-order valence-corrected chi connectivity index (χ0v) is 28.3. The molecular formula is C38H48N10+6. The smallest absolute Gasteiger partial charge is 0.187 e. The molecule has 0 N–H and O–H groups in total. The molecule has 10 nitrogen and oxygen atoms in total. The van der Waals surface area contributed by atoms with Gasteiger partial charge in [-0.15, -0.1) is 18.7 Å². The van der Waals surface area contributed by atoms with Crippen LogP contribution in [0.25, 0.3) is 22.3 Å². The highest BCUT2D eigenvalue weighted by Gasteiger charge is 2.17. The van der Waals surface area contributed by atoms with Crippen molar-refractivity contribution < 1.29 is 27.6 Å². The molecule has 12 bridgehead atoms. The number of rotatable bonds is 0. The van der Waals surface area contributed by atoms with Crippen LogP contribution in [0.3, 0.4) is 0 Å². The molecule has 48 heavy (non-hydrogen) atoms. The lowest BCUT2D eigenvalue weighted by Gasteiger charge is -2.02. The van der Waals surface area contributed by atoms with Gasteiger partial charge in [-0.1, -0.05) is 0 Å². The second-order valence-electron chi connectivity index (χ2n) is 13.0. The molecule has 0 fully saturated rings. The van der Waals surface area contributed by atoms with Gasteiger partial charge in [0.2, 0.25) is 0 Å². The van der Waals surface area contributed by atoms with Gasteiger partial charge in [-0.2, -0.15) is 0 Å². The number of nitrogens with zero attached hydrogens (tertiary/aromatic N) is 10. The Bertz CT molecular complexity index is 1780. The molecule has 0 saturated heterocycles. The van der Waals surface area contributed by atoms with Gasteiger partial charge >= 0.3 is 0 Å². The third-order valence-corrected chi connectivity index (χ3v) is 9.53. The highest BCUT2D eigenvalue weighted by atomic mass is 15.5. The summed E-state index contributed by atoms with van der Waals surface area (Å²) in [5.74, 6) is 0. The molecule has 0 amide bonds. The maximum absolute atomic E-state index is 4.74. The maximum atomic E-state index is 4.74. The van der Waals surface area contributed by atoms with Gasteiger partial charge in [0.25, 0.3) is 0 Å². The van der Waals surface area contributed by atoms with Crippen molar-refractivity contribution in [1.29, 1.82) is 0 Å². The standard InChI is InChI=1S/C38H48N10/c1-41-37-7-3-5-17-43-19-9-33(10-20-43)34-11-21-44(22-12-34)18-6-4-8-38-32-48(40-42(38)2)30-28-46-25-15-36(16-26-46)35-13-23-45(24-14-35)27-29-47(31-37)39-41/h9-16,19-26,31-32H,3-8,17-18,27-30H2,1-2H3/q+6. The van der Waals surface area contributed by atoms with Crippen molar-refractivity contribution in [3.8, 4) is 22.3 Å². The fraction of sp³-hybridized carbons (Fsp3) is 0.368. The van der Waals surface area contributed by atoms with Crippen molar-refractivity contribution in [3.05, 3.63) is 122 Å². The van der Waals surface area contributed by atoms with E-state index in [0.29, 0.717) is 0 Å². The quantitative estimate of drug-likeness (QED) is 0.238. The minimum atomic E-state index is 0.836. The predicted molar refractivity (Wildman–Crippen MR) is 177 cm³/mol. The van der Waals surface area contributed by atoms with Gasteiger partial charge in [0, 0.05) is 74.2 Å². The molecule has 0 aromatic carbocycles. The minimum absolute atomic E-state index is 0.836. The van der Waals surface area contributed by atoms with Gasteiger partial charge in [-0.25, -0.2) is 18.3 Å². The fourth-order valence-electron chi connectivity index (χ4n) is 6.53. The Hall–Kier alpha value is -5.12. The number of pyridine rings is 4. The third kappa shape index (κ3) is 7.87. The van der Waals surface area contributed by atoms with Gasteiger partial charge in [0.15, 0.2) is 99.5 Å².